The van der Waals surface area contributed by atoms with E-state index < -0.39 is 0 Å². The van der Waals surface area contributed by atoms with E-state index in [1.807, 2.05) is 6.07 Å². The lowest BCUT2D eigenvalue weighted by Gasteiger charge is -2.12. The number of hydrogen-bond acceptors (Lipinski definition) is 1. The van der Waals surface area contributed by atoms with Crippen LogP contribution in [0, 0.1) is 0 Å². The highest BCUT2D eigenvalue weighted by Crippen LogP contribution is 2.43. The number of fused-ring (bicyclic) bond motifs is 6. The number of rotatable bonds is 2. The van der Waals surface area contributed by atoms with Gasteiger partial charge in [-0.2, -0.15) is 0 Å². The molecule has 0 spiro atoms. The molecule has 146 valence electrons. The molecule has 0 amide bonds. The van der Waals surface area contributed by atoms with Crippen LogP contribution in [0.2, 0.25) is 5.02 Å². The summed E-state index contributed by atoms with van der Waals surface area (Å²) in [6, 6.07) is 31.9. The quantitative estimate of drug-likeness (QED) is 0.299. The van der Waals surface area contributed by atoms with E-state index in [1.54, 1.807) is 0 Å². The van der Waals surface area contributed by atoms with E-state index in [2.05, 4.69) is 101 Å². The Bertz CT molecular complexity index is 1760. The molecule has 3 heteroatoms. The molecule has 2 nitrogen and oxygen atoms in total. The van der Waals surface area contributed by atoms with Crippen molar-refractivity contribution in [1.82, 2.24) is 4.40 Å². The van der Waals surface area contributed by atoms with E-state index in [-0.39, 0.29) is 0 Å². The van der Waals surface area contributed by atoms with Crippen LogP contribution >= 0.6 is 11.6 Å². The number of anilines is 2. The Morgan fingerprint density at radius 1 is 0.645 bits per heavy atom. The second-order valence-corrected chi connectivity index (χ2v) is 8.47. The Kier molecular flexibility index (Phi) is 3.36. The van der Waals surface area contributed by atoms with Crippen LogP contribution in [0.1, 0.15) is 0 Å². The molecule has 0 saturated carbocycles. The number of para-hydroxylation sites is 1. The van der Waals surface area contributed by atoms with E-state index in [0.29, 0.717) is 0 Å². The monoisotopic (exact) mass is 416 g/mol. The van der Waals surface area contributed by atoms with Gasteiger partial charge in [0.25, 0.3) is 0 Å². The van der Waals surface area contributed by atoms with Gasteiger partial charge in [0.15, 0.2) is 0 Å². The van der Waals surface area contributed by atoms with Crippen molar-refractivity contribution in [2.45, 2.75) is 0 Å². The fourth-order valence-corrected chi connectivity index (χ4v) is 5.23. The zero-order valence-corrected chi connectivity index (χ0v) is 17.3. The smallest absolute Gasteiger partial charge is 0.0653 e. The van der Waals surface area contributed by atoms with Crippen LogP contribution in [-0.4, -0.2) is 4.40 Å². The largest absolute Gasteiger partial charge is 0.352 e. The van der Waals surface area contributed by atoms with Gasteiger partial charge in [0.1, 0.15) is 0 Å². The summed E-state index contributed by atoms with van der Waals surface area (Å²) >= 11 is 6.66. The van der Waals surface area contributed by atoms with Crippen molar-refractivity contribution < 1.29 is 0 Å². The zero-order valence-electron chi connectivity index (χ0n) is 16.6. The maximum atomic E-state index is 6.66. The molecule has 0 radical (unpaired) electrons. The molecule has 0 fully saturated rings. The van der Waals surface area contributed by atoms with Crippen LogP contribution in [-0.2, 0) is 0 Å². The molecule has 1 N–H and O–H groups in total. The molecule has 5 aromatic carbocycles. The first-order valence-corrected chi connectivity index (χ1v) is 10.8. The van der Waals surface area contributed by atoms with Crippen LogP contribution in [0.25, 0.3) is 48.7 Å². The fourth-order valence-electron chi connectivity index (χ4n) is 5.02. The predicted octanol–water partition coefficient (Wildman–Crippen LogP) is 8.39. The lowest BCUT2D eigenvalue weighted by Crippen LogP contribution is -1.92. The fraction of sp³-hybridized carbons (Fsp3) is 0. The number of hydrogen-bond donors (Lipinski definition) is 1. The van der Waals surface area contributed by atoms with Gasteiger partial charge >= 0.3 is 0 Å². The number of halogens is 1. The van der Waals surface area contributed by atoms with E-state index in [9.17, 15) is 0 Å². The SMILES string of the molecule is Clc1ccc2ccccc2c1Nc1cn2c3ccccc3c3c4ccccc4cc1c32. The van der Waals surface area contributed by atoms with Crippen LogP contribution < -0.4 is 5.32 Å². The molecular formula is C28H17ClN2. The Hall–Kier alpha value is -3.75. The maximum Gasteiger partial charge on any atom is 0.0653 e. The first-order valence-electron chi connectivity index (χ1n) is 10.4. The molecule has 0 atom stereocenters. The van der Waals surface area contributed by atoms with Crippen molar-refractivity contribution in [3.05, 3.63) is 102 Å². The number of nitrogens with one attached hydrogen (secondary N) is 1. The molecule has 0 unspecified atom stereocenters. The summed E-state index contributed by atoms with van der Waals surface area (Å²) in [7, 11) is 0. The van der Waals surface area contributed by atoms with Crippen LogP contribution in [0.3, 0.4) is 0 Å². The minimum Gasteiger partial charge on any atom is -0.352 e. The predicted molar refractivity (Wildman–Crippen MR) is 133 cm³/mol. The highest BCUT2D eigenvalue weighted by atomic mass is 35.5. The summed E-state index contributed by atoms with van der Waals surface area (Å²) in [5.74, 6) is 0. The van der Waals surface area contributed by atoms with Gasteiger partial charge in [-0.25, -0.2) is 0 Å². The lowest BCUT2D eigenvalue weighted by atomic mass is 10.0. The molecular weight excluding hydrogens is 400 g/mol. The molecule has 0 aliphatic heterocycles. The summed E-state index contributed by atoms with van der Waals surface area (Å²) < 4.78 is 2.31. The molecule has 0 bridgehead atoms. The van der Waals surface area contributed by atoms with Gasteiger partial charge in [0.05, 0.1) is 27.4 Å². The van der Waals surface area contributed by atoms with Gasteiger partial charge in [0.2, 0.25) is 0 Å². The third-order valence-corrected chi connectivity index (χ3v) is 6.70. The van der Waals surface area contributed by atoms with Gasteiger partial charge in [0, 0.05) is 27.7 Å². The average molecular weight is 417 g/mol. The minimum absolute atomic E-state index is 0.720. The number of benzene rings is 5. The van der Waals surface area contributed by atoms with Crippen molar-refractivity contribution in [2.75, 3.05) is 5.32 Å². The Morgan fingerprint density at radius 2 is 1.35 bits per heavy atom. The van der Waals surface area contributed by atoms with Gasteiger partial charge in [-0.1, -0.05) is 84.4 Å². The summed E-state index contributed by atoms with van der Waals surface area (Å²) in [5.41, 5.74) is 4.48. The molecule has 2 heterocycles. The Morgan fingerprint density at radius 3 is 2.23 bits per heavy atom. The first-order chi connectivity index (χ1) is 15.3. The normalized spacial score (nSPS) is 12.0. The van der Waals surface area contributed by atoms with E-state index in [0.717, 1.165) is 21.8 Å². The van der Waals surface area contributed by atoms with Gasteiger partial charge < -0.3 is 9.72 Å². The van der Waals surface area contributed by atoms with Gasteiger partial charge in [-0.3, -0.25) is 0 Å². The second kappa shape index (κ2) is 6.13. The van der Waals surface area contributed by atoms with E-state index >= 15 is 0 Å². The minimum atomic E-state index is 0.720. The third-order valence-electron chi connectivity index (χ3n) is 6.38. The highest BCUT2D eigenvalue weighted by Gasteiger charge is 2.19. The van der Waals surface area contributed by atoms with Crippen LogP contribution in [0.4, 0.5) is 11.4 Å². The summed E-state index contributed by atoms with van der Waals surface area (Å²) in [5, 5.41) is 13.0. The summed E-state index contributed by atoms with van der Waals surface area (Å²) in [4.78, 5) is 0. The van der Waals surface area contributed by atoms with Crippen LogP contribution in [0.15, 0.2) is 97.2 Å². The molecule has 0 aliphatic rings. The third kappa shape index (κ3) is 2.28. The molecule has 7 rings (SSSR count). The first kappa shape index (κ1) is 17.0. The van der Waals surface area contributed by atoms with E-state index in [1.165, 1.54) is 43.4 Å². The topological polar surface area (TPSA) is 16.4 Å². The van der Waals surface area contributed by atoms with Crippen LogP contribution in [0.5, 0.6) is 0 Å². The number of aromatic nitrogens is 1. The van der Waals surface area contributed by atoms with Crippen molar-refractivity contribution >= 4 is 71.7 Å². The van der Waals surface area contributed by atoms with Crippen molar-refractivity contribution in [3.63, 3.8) is 0 Å². The zero-order chi connectivity index (χ0) is 20.5. The van der Waals surface area contributed by atoms with E-state index in [4.69, 9.17) is 11.6 Å². The molecule has 0 saturated heterocycles. The van der Waals surface area contributed by atoms with Gasteiger partial charge in [-0.15, -0.1) is 0 Å². The van der Waals surface area contributed by atoms with Crippen molar-refractivity contribution in [2.24, 2.45) is 0 Å². The Balaban J connectivity index is 1.59. The lowest BCUT2D eigenvalue weighted by molar-refractivity contribution is 1.30. The molecule has 0 aliphatic carbocycles. The standard InChI is InChI=1S/C28H17ClN2/c29-23-14-13-17-7-1-4-10-20(17)27(23)30-24-16-31-25-12-6-5-11-21(25)26-19-9-3-2-8-18(19)15-22(24)28(26)31/h1-16,30H. The highest BCUT2D eigenvalue weighted by molar-refractivity contribution is 6.35. The van der Waals surface area contributed by atoms with Crippen molar-refractivity contribution in [3.8, 4) is 0 Å². The summed E-state index contributed by atoms with van der Waals surface area (Å²) in [6.45, 7) is 0. The molecule has 2 aromatic heterocycles. The molecule has 31 heavy (non-hydrogen) atoms. The Labute approximate surface area is 183 Å². The van der Waals surface area contributed by atoms with Crippen molar-refractivity contribution in [1.29, 1.82) is 0 Å². The molecule has 7 aromatic rings. The number of nitrogens with zero attached hydrogens (tertiary/aromatic N) is 1. The van der Waals surface area contributed by atoms with Gasteiger partial charge in [-0.05, 0) is 34.4 Å². The maximum absolute atomic E-state index is 6.66. The average Bonchev–Trinajstić information content (AvgIpc) is 3.33. The summed E-state index contributed by atoms with van der Waals surface area (Å²) in [6.07, 6.45) is 2.21. The second-order valence-electron chi connectivity index (χ2n) is 8.07.